The fourth-order valence-electron chi connectivity index (χ4n) is 2.81. The maximum absolute atomic E-state index is 12.6. The zero-order valence-corrected chi connectivity index (χ0v) is 14.4. The quantitative estimate of drug-likeness (QED) is 0.874. The number of anilines is 1. The zero-order valence-electron chi connectivity index (χ0n) is 12.8. The topological polar surface area (TPSA) is 46.1 Å². The molecular formula is C17H20BrN3O. The molecule has 0 bridgehead atoms. The van der Waals surface area contributed by atoms with Crippen molar-refractivity contribution in [2.75, 3.05) is 11.9 Å². The molecule has 1 amide bonds. The molecule has 2 aromatic rings. The van der Waals surface area contributed by atoms with Gasteiger partial charge in [0, 0.05) is 28.9 Å². The third kappa shape index (κ3) is 3.10. The van der Waals surface area contributed by atoms with Gasteiger partial charge in [-0.2, -0.15) is 0 Å². The lowest BCUT2D eigenvalue weighted by molar-refractivity contribution is 0.101. The summed E-state index contributed by atoms with van der Waals surface area (Å²) in [5, 5.41) is 6.37. The number of carbonyl (C=O) groups is 1. The lowest BCUT2D eigenvalue weighted by atomic mass is 10.0. The molecule has 0 fully saturated rings. The summed E-state index contributed by atoms with van der Waals surface area (Å²) in [6, 6.07) is 8.26. The Hall–Kier alpha value is -1.59. The maximum Gasteiger partial charge on any atom is 0.272 e. The standard InChI is InChI=1S/C17H20BrN3O/c1-11(2)21-10-14(18)8-16(21)17(22)20-15-4-3-12-5-6-19-9-13(12)7-15/h3-4,7-8,10-11,19H,5-6,9H2,1-2H3,(H,20,22). The normalized spacial score (nSPS) is 14.0. The molecule has 3 rings (SSSR count). The van der Waals surface area contributed by atoms with Crippen molar-refractivity contribution in [3.63, 3.8) is 0 Å². The largest absolute Gasteiger partial charge is 0.340 e. The second-order valence-corrected chi connectivity index (χ2v) is 6.82. The summed E-state index contributed by atoms with van der Waals surface area (Å²) in [6.07, 6.45) is 2.99. The first-order valence-corrected chi connectivity index (χ1v) is 8.35. The van der Waals surface area contributed by atoms with E-state index in [0.717, 1.165) is 29.7 Å². The van der Waals surface area contributed by atoms with Gasteiger partial charge < -0.3 is 15.2 Å². The molecule has 5 heteroatoms. The van der Waals surface area contributed by atoms with E-state index < -0.39 is 0 Å². The van der Waals surface area contributed by atoms with Gasteiger partial charge in [0.2, 0.25) is 0 Å². The number of aromatic nitrogens is 1. The van der Waals surface area contributed by atoms with Crippen LogP contribution in [0, 0.1) is 0 Å². The third-order valence-electron chi connectivity index (χ3n) is 3.95. The second kappa shape index (κ2) is 6.26. The number of rotatable bonds is 3. The molecule has 1 aliphatic heterocycles. The van der Waals surface area contributed by atoms with E-state index in [0.29, 0.717) is 5.69 Å². The molecule has 2 heterocycles. The van der Waals surface area contributed by atoms with Gasteiger partial charge in [-0.05, 0) is 72.1 Å². The monoisotopic (exact) mass is 361 g/mol. The van der Waals surface area contributed by atoms with E-state index in [9.17, 15) is 4.79 Å². The summed E-state index contributed by atoms with van der Waals surface area (Å²) < 4.78 is 2.89. The number of nitrogens with zero attached hydrogens (tertiary/aromatic N) is 1. The number of halogens is 1. The summed E-state index contributed by atoms with van der Waals surface area (Å²) in [5.74, 6) is -0.0804. The van der Waals surface area contributed by atoms with Crippen molar-refractivity contribution in [1.82, 2.24) is 9.88 Å². The minimum absolute atomic E-state index is 0.0804. The van der Waals surface area contributed by atoms with E-state index >= 15 is 0 Å². The number of amides is 1. The van der Waals surface area contributed by atoms with E-state index in [4.69, 9.17) is 0 Å². The van der Waals surface area contributed by atoms with Gasteiger partial charge in [-0.15, -0.1) is 0 Å². The van der Waals surface area contributed by atoms with Crippen molar-refractivity contribution in [3.05, 3.63) is 51.8 Å². The SMILES string of the molecule is CC(C)n1cc(Br)cc1C(=O)Nc1ccc2c(c1)CNCC2. The maximum atomic E-state index is 12.6. The highest BCUT2D eigenvalue weighted by atomic mass is 79.9. The highest BCUT2D eigenvalue weighted by molar-refractivity contribution is 9.10. The molecule has 0 unspecified atom stereocenters. The van der Waals surface area contributed by atoms with Crippen molar-refractivity contribution in [1.29, 1.82) is 0 Å². The molecule has 0 saturated carbocycles. The molecule has 1 aliphatic rings. The van der Waals surface area contributed by atoms with Crippen LogP contribution < -0.4 is 10.6 Å². The average molecular weight is 362 g/mol. The van der Waals surface area contributed by atoms with E-state index in [1.807, 2.05) is 22.9 Å². The number of hydrogen-bond acceptors (Lipinski definition) is 2. The van der Waals surface area contributed by atoms with Crippen molar-refractivity contribution in [3.8, 4) is 0 Å². The van der Waals surface area contributed by atoms with Crippen LogP contribution in [0.3, 0.4) is 0 Å². The van der Waals surface area contributed by atoms with Crippen LogP contribution in [0.1, 0.15) is 41.5 Å². The summed E-state index contributed by atoms with van der Waals surface area (Å²) in [6.45, 7) is 6.02. The lowest BCUT2D eigenvalue weighted by Crippen LogP contribution is -2.24. The Labute approximate surface area is 139 Å². The van der Waals surface area contributed by atoms with Gasteiger partial charge in [0.25, 0.3) is 5.91 Å². The molecule has 0 saturated heterocycles. The summed E-state index contributed by atoms with van der Waals surface area (Å²) in [7, 11) is 0. The van der Waals surface area contributed by atoms with Crippen LogP contribution in [0.5, 0.6) is 0 Å². The minimum Gasteiger partial charge on any atom is -0.340 e. The molecule has 116 valence electrons. The minimum atomic E-state index is -0.0804. The number of nitrogens with one attached hydrogen (secondary N) is 2. The fraction of sp³-hybridized carbons (Fsp3) is 0.353. The van der Waals surface area contributed by atoms with Gasteiger partial charge in [-0.3, -0.25) is 4.79 Å². The Morgan fingerprint density at radius 1 is 1.32 bits per heavy atom. The molecule has 4 nitrogen and oxygen atoms in total. The molecule has 0 aliphatic carbocycles. The molecule has 0 radical (unpaired) electrons. The molecule has 22 heavy (non-hydrogen) atoms. The Kier molecular flexibility index (Phi) is 4.36. The van der Waals surface area contributed by atoms with Crippen molar-refractivity contribution >= 4 is 27.5 Å². The molecule has 2 N–H and O–H groups in total. The van der Waals surface area contributed by atoms with Crippen LogP contribution in [-0.4, -0.2) is 17.0 Å². The van der Waals surface area contributed by atoms with Crippen LogP contribution in [0.25, 0.3) is 0 Å². The van der Waals surface area contributed by atoms with E-state index in [2.05, 4.69) is 52.5 Å². The highest BCUT2D eigenvalue weighted by Gasteiger charge is 2.16. The number of carbonyl (C=O) groups excluding carboxylic acids is 1. The molecule has 1 aromatic carbocycles. The lowest BCUT2D eigenvalue weighted by Gasteiger charge is -2.18. The van der Waals surface area contributed by atoms with E-state index in [-0.39, 0.29) is 11.9 Å². The van der Waals surface area contributed by atoms with Crippen molar-refractivity contribution < 1.29 is 4.79 Å². The number of hydrogen-bond donors (Lipinski definition) is 2. The predicted octanol–water partition coefficient (Wildman–Crippen LogP) is 3.73. The van der Waals surface area contributed by atoms with Crippen molar-refractivity contribution in [2.24, 2.45) is 0 Å². The Morgan fingerprint density at radius 2 is 2.14 bits per heavy atom. The Balaban J connectivity index is 1.82. The summed E-state index contributed by atoms with van der Waals surface area (Å²) >= 11 is 3.45. The first-order valence-electron chi connectivity index (χ1n) is 7.56. The Morgan fingerprint density at radius 3 is 2.91 bits per heavy atom. The first-order chi connectivity index (χ1) is 10.5. The summed E-state index contributed by atoms with van der Waals surface area (Å²) in [4.78, 5) is 12.6. The fourth-order valence-corrected chi connectivity index (χ4v) is 3.25. The van der Waals surface area contributed by atoms with Gasteiger partial charge in [0.15, 0.2) is 0 Å². The molecule has 0 atom stereocenters. The molecule has 1 aromatic heterocycles. The van der Waals surface area contributed by atoms with Crippen molar-refractivity contribution in [2.45, 2.75) is 32.9 Å². The van der Waals surface area contributed by atoms with E-state index in [1.165, 1.54) is 11.1 Å². The van der Waals surface area contributed by atoms with Crippen LogP contribution >= 0.6 is 15.9 Å². The molecular weight excluding hydrogens is 342 g/mol. The van der Waals surface area contributed by atoms with Crippen LogP contribution in [0.15, 0.2) is 34.9 Å². The predicted molar refractivity (Wildman–Crippen MR) is 92.3 cm³/mol. The number of benzene rings is 1. The van der Waals surface area contributed by atoms with Crippen LogP contribution in [-0.2, 0) is 13.0 Å². The van der Waals surface area contributed by atoms with Crippen LogP contribution in [0.2, 0.25) is 0 Å². The van der Waals surface area contributed by atoms with Crippen LogP contribution in [0.4, 0.5) is 5.69 Å². The summed E-state index contributed by atoms with van der Waals surface area (Å²) in [5.41, 5.74) is 4.15. The van der Waals surface area contributed by atoms with Gasteiger partial charge in [0.1, 0.15) is 5.69 Å². The second-order valence-electron chi connectivity index (χ2n) is 5.91. The third-order valence-corrected chi connectivity index (χ3v) is 4.39. The van der Waals surface area contributed by atoms with Gasteiger partial charge in [-0.25, -0.2) is 0 Å². The zero-order chi connectivity index (χ0) is 15.7. The van der Waals surface area contributed by atoms with E-state index in [1.54, 1.807) is 0 Å². The molecule has 0 spiro atoms. The Bertz CT molecular complexity index is 706. The van der Waals surface area contributed by atoms with Gasteiger partial charge in [0.05, 0.1) is 0 Å². The van der Waals surface area contributed by atoms with Gasteiger partial charge in [-0.1, -0.05) is 6.07 Å². The first kappa shape index (κ1) is 15.3. The highest BCUT2D eigenvalue weighted by Crippen LogP contribution is 2.22. The smallest absolute Gasteiger partial charge is 0.272 e. The van der Waals surface area contributed by atoms with Gasteiger partial charge >= 0.3 is 0 Å². The average Bonchev–Trinajstić information content (AvgIpc) is 2.89. The number of fused-ring (bicyclic) bond motifs is 1.